The van der Waals surface area contributed by atoms with Crippen LogP contribution in [0.2, 0.25) is 5.02 Å². The Kier molecular flexibility index (Phi) is 7.66. The van der Waals surface area contributed by atoms with Gasteiger partial charge in [0.25, 0.3) is 0 Å². The van der Waals surface area contributed by atoms with Gasteiger partial charge < -0.3 is 10.6 Å². The number of benzene rings is 1. The molecule has 2 N–H and O–H groups in total. The van der Waals surface area contributed by atoms with Crippen LogP contribution >= 0.6 is 34.7 Å². The van der Waals surface area contributed by atoms with Crippen LogP contribution in [0.1, 0.15) is 54.2 Å². The van der Waals surface area contributed by atoms with E-state index in [-0.39, 0.29) is 17.4 Å². The average molecular weight is 523 g/mol. The number of halogens is 1. The summed E-state index contributed by atoms with van der Waals surface area (Å²) in [5.74, 6) is -0.874. The van der Waals surface area contributed by atoms with Crippen molar-refractivity contribution in [3.05, 3.63) is 72.7 Å². The number of nitrogens with one attached hydrogen (secondary N) is 2. The number of nitriles is 2. The maximum absolute atomic E-state index is 12.8. The smallest absolute Gasteiger partial charge is 0.235 e. The van der Waals surface area contributed by atoms with Crippen LogP contribution in [-0.4, -0.2) is 17.4 Å². The molecule has 1 aromatic heterocycles. The third kappa shape index (κ3) is 5.16. The molecular formula is C26H23ClN4O2S2. The topological polar surface area (TPSA) is 106 Å². The summed E-state index contributed by atoms with van der Waals surface area (Å²) in [7, 11) is 0. The quantitative estimate of drug-likeness (QED) is 0.496. The standard InChI is InChI=1S/C26H23ClN4O2S2/c1-14-23(15(2)32)24(16-7-9-17(27)10-8-16)20(12-29)25(30-14)34-13-22(33)31-26-19(11-28)18-5-3-4-6-21(18)35-26/h7-10,24,30H,3-6,13H2,1-2H3,(H,31,33). The number of hydrogen-bond donors (Lipinski definition) is 2. The van der Waals surface area contributed by atoms with Crippen LogP contribution in [-0.2, 0) is 22.4 Å². The van der Waals surface area contributed by atoms with Crippen LogP contribution in [0.25, 0.3) is 0 Å². The number of dihydropyridines is 1. The number of rotatable bonds is 6. The lowest BCUT2D eigenvalue weighted by molar-refractivity contribution is -0.114. The molecule has 0 spiro atoms. The van der Waals surface area contributed by atoms with E-state index >= 15 is 0 Å². The van der Waals surface area contributed by atoms with Gasteiger partial charge in [-0.1, -0.05) is 35.5 Å². The third-order valence-electron chi connectivity index (χ3n) is 6.11. The molecule has 2 aromatic rings. The summed E-state index contributed by atoms with van der Waals surface area (Å²) in [6.07, 6.45) is 3.97. The molecule has 2 heterocycles. The van der Waals surface area contributed by atoms with Gasteiger partial charge >= 0.3 is 0 Å². The molecule has 1 aliphatic heterocycles. The lowest BCUT2D eigenvalue weighted by Gasteiger charge is -2.29. The number of ketones is 1. The van der Waals surface area contributed by atoms with Crippen molar-refractivity contribution in [1.82, 2.24) is 5.32 Å². The molecule has 0 fully saturated rings. The molecule has 1 aliphatic carbocycles. The number of allylic oxidation sites excluding steroid dienone is 3. The number of aryl methyl sites for hydroxylation is 1. The van der Waals surface area contributed by atoms with Gasteiger partial charge in [-0.05, 0) is 62.8 Å². The Morgan fingerprint density at radius 3 is 2.57 bits per heavy atom. The highest BCUT2D eigenvalue weighted by Gasteiger charge is 2.33. The van der Waals surface area contributed by atoms with E-state index in [0.717, 1.165) is 36.8 Å². The maximum atomic E-state index is 12.8. The van der Waals surface area contributed by atoms with Crippen molar-refractivity contribution in [2.45, 2.75) is 45.4 Å². The minimum Gasteiger partial charge on any atom is -0.353 e. The summed E-state index contributed by atoms with van der Waals surface area (Å²) < 4.78 is 0. The Morgan fingerprint density at radius 2 is 1.91 bits per heavy atom. The van der Waals surface area contributed by atoms with Crippen molar-refractivity contribution in [2.75, 3.05) is 11.1 Å². The fraction of sp³-hybridized carbons (Fsp3) is 0.308. The molecule has 2 aliphatic rings. The van der Waals surface area contributed by atoms with E-state index in [4.69, 9.17) is 11.6 Å². The monoisotopic (exact) mass is 522 g/mol. The average Bonchev–Trinajstić information content (AvgIpc) is 3.19. The van der Waals surface area contributed by atoms with Gasteiger partial charge in [-0.3, -0.25) is 9.59 Å². The van der Waals surface area contributed by atoms with Crippen molar-refractivity contribution in [2.24, 2.45) is 0 Å². The highest BCUT2D eigenvalue weighted by Crippen LogP contribution is 2.41. The Morgan fingerprint density at radius 1 is 1.20 bits per heavy atom. The Bertz CT molecular complexity index is 1340. The fourth-order valence-corrected chi connectivity index (χ4v) is 6.83. The number of carbonyl (C=O) groups excluding carboxylic acids is 2. The first-order valence-corrected chi connectivity index (χ1v) is 13.4. The van der Waals surface area contributed by atoms with Crippen molar-refractivity contribution in [1.29, 1.82) is 10.5 Å². The van der Waals surface area contributed by atoms with E-state index in [2.05, 4.69) is 22.8 Å². The van der Waals surface area contributed by atoms with Crippen molar-refractivity contribution in [3.63, 3.8) is 0 Å². The molecule has 0 saturated carbocycles. The minimum atomic E-state index is -0.546. The number of carbonyl (C=O) groups is 2. The first kappa shape index (κ1) is 25.1. The molecule has 0 saturated heterocycles. The van der Waals surface area contributed by atoms with Crippen LogP contribution in [0.15, 0.2) is 46.1 Å². The number of thiophene rings is 1. The zero-order valence-electron chi connectivity index (χ0n) is 19.3. The molecule has 1 amide bonds. The molecule has 178 valence electrons. The second-order valence-corrected chi connectivity index (χ2v) is 10.9. The molecule has 4 rings (SSSR count). The highest BCUT2D eigenvalue weighted by molar-refractivity contribution is 8.03. The molecule has 0 bridgehead atoms. The summed E-state index contributed by atoms with van der Waals surface area (Å²) in [6, 6.07) is 11.6. The Balaban J connectivity index is 1.57. The lowest BCUT2D eigenvalue weighted by Crippen LogP contribution is -2.27. The minimum absolute atomic E-state index is 0.0526. The van der Waals surface area contributed by atoms with Gasteiger partial charge in [-0.15, -0.1) is 11.3 Å². The highest BCUT2D eigenvalue weighted by atomic mass is 35.5. The normalized spacial score (nSPS) is 17.2. The van der Waals surface area contributed by atoms with E-state index in [1.807, 2.05) is 12.1 Å². The Hall–Kier alpha value is -3.04. The summed E-state index contributed by atoms with van der Waals surface area (Å²) in [5, 5.41) is 27.4. The lowest BCUT2D eigenvalue weighted by atomic mass is 9.81. The van der Waals surface area contributed by atoms with E-state index in [0.29, 0.717) is 37.5 Å². The van der Waals surface area contributed by atoms with E-state index in [9.17, 15) is 20.1 Å². The van der Waals surface area contributed by atoms with Crippen LogP contribution < -0.4 is 10.6 Å². The predicted molar refractivity (Wildman–Crippen MR) is 140 cm³/mol. The van der Waals surface area contributed by atoms with Gasteiger partial charge in [-0.25, -0.2) is 0 Å². The Labute approximate surface area is 217 Å². The van der Waals surface area contributed by atoms with Gasteiger partial charge in [-0.2, -0.15) is 10.5 Å². The number of anilines is 1. The van der Waals surface area contributed by atoms with Gasteiger partial charge in [0.05, 0.1) is 33.9 Å². The zero-order valence-corrected chi connectivity index (χ0v) is 21.7. The molecule has 1 aromatic carbocycles. The molecule has 0 radical (unpaired) electrons. The fourth-order valence-electron chi connectivity index (χ4n) is 4.55. The summed E-state index contributed by atoms with van der Waals surface area (Å²) in [5.41, 5.74) is 3.96. The molecule has 6 nitrogen and oxygen atoms in total. The SMILES string of the molecule is CC(=O)C1=C(C)NC(SCC(=O)Nc2sc3c(c2C#N)CCCC3)=C(C#N)C1c1ccc(Cl)cc1. The number of Topliss-reactive ketones (excluding diaryl/α,β-unsaturated/α-hetero) is 1. The zero-order chi connectivity index (χ0) is 25.1. The molecule has 1 unspecified atom stereocenters. The van der Waals surface area contributed by atoms with Gasteiger partial charge in [0, 0.05) is 21.2 Å². The van der Waals surface area contributed by atoms with Crippen LogP contribution in [0, 0.1) is 22.7 Å². The summed E-state index contributed by atoms with van der Waals surface area (Å²) in [4.78, 5) is 26.5. The van der Waals surface area contributed by atoms with E-state index in [1.165, 1.54) is 34.9 Å². The van der Waals surface area contributed by atoms with Crippen LogP contribution in [0.3, 0.4) is 0 Å². The van der Waals surface area contributed by atoms with Crippen LogP contribution in [0.4, 0.5) is 5.00 Å². The molecule has 35 heavy (non-hydrogen) atoms. The molecule has 9 heteroatoms. The van der Waals surface area contributed by atoms with Gasteiger partial charge in [0.2, 0.25) is 5.91 Å². The first-order valence-electron chi connectivity index (χ1n) is 11.2. The second kappa shape index (κ2) is 10.7. The van der Waals surface area contributed by atoms with Gasteiger partial charge in [0.1, 0.15) is 11.1 Å². The van der Waals surface area contributed by atoms with Crippen molar-refractivity contribution in [3.8, 4) is 12.1 Å². The predicted octanol–water partition coefficient (Wildman–Crippen LogP) is 5.81. The number of fused-ring (bicyclic) bond motifs is 1. The second-order valence-electron chi connectivity index (χ2n) is 8.42. The number of amides is 1. The first-order chi connectivity index (χ1) is 16.8. The van der Waals surface area contributed by atoms with E-state index in [1.54, 1.807) is 19.1 Å². The molecular weight excluding hydrogens is 500 g/mol. The number of hydrogen-bond acceptors (Lipinski definition) is 7. The van der Waals surface area contributed by atoms with Crippen LogP contribution in [0.5, 0.6) is 0 Å². The summed E-state index contributed by atoms with van der Waals surface area (Å²) in [6.45, 7) is 3.28. The molecule has 1 atom stereocenters. The number of nitrogens with zero attached hydrogens (tertiary/aromatic N) is 2. The number of thioether (sulfide) groups is 1. The summed E-state index contributed by atoms with van der Waals surface area (Å²) >= 11 is 8.74. The maximum Gasteiger partial charge on any atom is 0.235 e. The largest absolute Gasteiger partial charge is 0.353 e. The van der Waals surface area contributed by atoms with Gasteiger partial charge in [0.15, 0.2) is 5.78 Å². The van der Waals surface area contributed by atoms with Crippen molar-refractivity contribution < 1.29 is 9.59 Å². The third-order valence-corrected chi connectivity index (χ3v) is 8.59. The van der Waals surface area contributed by atoms with Crippen molar-refractivity contribution >= 4 is 51.4 Å². The van der Waals surface area contributed by atoms with E-state index < -0.39 is 5.92 Å².